The van der Waals surface area contributed by atoms with Gasteiger partial charge in [0.05, 0.1) is 5.01 Å². The number of piperidine rings is 1. The van der Waals surface area contributed by atoms with E-state index >= 15 is 0 Å². The van der Waals surface area contributed by atoms with Crippen LogP contribution in [0.25, 0.3) is 0 Å². The lowest BCUT2D eigenvalue weighted by atomic mass is 9.99. The second-order valence-electron chi connectivity index (χ2n) is 4.85. The molecule has 0 spiro atoms. The number of nitrogens with zero attached hydrogens (tertiary/aromatic N) is 3. The summed E-state index contributed by atoms with van der Waals surface area (Å²) in [5.74, 6) is 1.67. The highest BCUT2D eigenvalue weighted by molar-refractivity contribution is 7.09. The fourth-order valence-corrected chi connectivity index (χ4v) is 3.24. The van der Waals surface area contributed by atoms with Crippen molar-refractivity contribution in [2.45, 2.75) is 25.7 Å². The van der Waals surface area contributed by atoms with Crippen LogP contribution in [0.15, 0.2) is 29.9 Å². The van der Waals surface area contributed by atoms with Gasteiger partial charge in [0.15, 0.2) is 0 Å². The number of aryl methyl sites for hydroxylation is 1. The standard InChI is InChI=1S/C14H17N3S/c1-11-4-5-13(16-9-11)17-7-2-3-12(10-17)14-15-6-8-18-14/h4-6,8-9,12H,2-3,7,10H2,1H3. The molecular formula is C14H17N3S. The number of anilines is 1. The Hall–Kier alpha value is -1.42. The van der Waals surface area contributed by atoms with Gasteiger partial charge in [-0.2, -0.15) is 0 Å². The minimum atomic E-state index is 0.571. The highest BCUT2D eigenvalue weighted by Crippen LogP contribution is 2.30. The van der Waals surface area contributed by atoms with Gasteiger partial charge in [-0.05, 0) is 31.4 Å². The topological polar surface area (TPSA) is 29.0 Å². The van der Waals surface area contributed by atoms with Crippen LogP contribution in [0.5, 0.6) is 0 Å². The van der Waals surface area contributed by atoms with Gasteiger partial charge in [0.2, 0.25) is 0 Å². The highest BCUT2D eigenvalue weighted by Gasteiger charge is 2.23. The van der Waals surface area contributed by atoms with Gasteiger partial charge in [0, 0.05) is 36.8 Å². The van der Waals surface area contributed by atoms with E-state index in [-0.39, 0.29) is 0 Å². The summed E-state index contributed by atoms with van der Waals surface area (Å²) in [5, 5.41) is 3.34. The maximum atomic E-state index is 4.53. The molecule has 4 heteroatoms. The Labute approximate surface area is 112 Å². The Bertz CT molecular complexity index is 492. The molecule has 1 aliphatic heterocycles. The van der Waals surface area contributed by atoms with E-state index in [1.807, 2.05) is 12.4 Å². The van der Waals surface area contributed by atoms with E-state index in [9.17, 15) is 0 Å². The number of aromatic nitrogens is 2. The third kappa shape index (κ3) is 2.38. The van der Waals surface area contributed by atoms with Crippen LogP contribution in [-0.4, -0.2) is 23.1 Å². The van der Waals surface area contributed by atoms with Crippen LogP contribution in [-0.2, 0) is 0 Å². The third-order valence-corrected chi connectivity index (χ3v) is 4.38. The van der Waals surface area contributed by atoms with Gasteiger partial charge in [0.25, 0.3) is 0 Å². The van der Waals surface area contributed by atoms with Crippen LogP contribution in [0.1, 0.15) is 29.3 Å². The summed E-state index contributed by atoms with van der Waals surface area (Å²) in [6.07, 6.45) is 6.32. The molecule has 3 nitrogen and oxygen atoms in total. The van der Waals surface area contributed by atoms with Crippen LogP contribution in [0, 0.1) is 6.92 Å². The largest absolute Gasteiger partial charge is 0.356 e. The zero-order valence-corrected chi connectivity index (χ0v) is 11.4. The van der Waals surface area contributed by atoms with E-state index in [4.69, 9.17) is 0 Å². The van der Waals surface area contributed by atoms with Gasteiger partial charge in [-0.3, -0.25) is 0 Å². The molecule has 1 saturated heterocycles. The van der Waals surface area contributed by atoms with Crippen molar-refractivity contribution in [3.05, 3.63) is 40.5 Å². The van der Waals surface area contributed by atoms with E-state index in [1.165, 1.54) is 23.4 Å². The first-order valence-corrected chi connectivity index (χ1v) is 7.28. The fourth-order valence-electron chi connectivity index (χ4n) is 2.47. The second kappa shape index (κ2) is 5.06. The maximum Gasteiger partial charge on any atom is 0.128 e. The maximum absolute atomic E-state index is 4.53. The van der Waals surface area contributed by atoms with Gasteiger partial charge in [-0.25, -0.2) is 9.97 Å². The van der Waals surface area contributed by atoms with Crippen LogP contribution >= 0.6 is 11.3 Å². The Morgan fingerprint density at radius 3 is 3.00 bits per heavy atom. The average Bonchev–Trinajstić information content (AvgIpc) is 2.94. The van der Waals surface area contributed by atoms with Crippen LogP contribution < -0.4 is 4.90 Å². The lowest BCUT2D eigenvalue weighted by Crippen LogP contribution is -2.34. The van der Waals surface area contributed by atoms with Crippen LogP contribution in [0.2, 0.25) is 0 Å². The minimum Gasteiger partial charge on any atom is -0.356 e. The Kier molecular flexibility index (Phi) is 3.28. The smallest absolute Gasteiger partial charge is 0.128 e. The predicted molar refractivity (Wildman–Crippen MR) is 75.3 cm³/mol. The molecule has 0 bridgehead atoms. The number of thiazole rings is 1. The summed E-state index contributed by atoms with van der Waals surface area (Å²) in [5.41, 5.74) is 1.22. The molecule has 0 aliphatic carbocycles. The molecule has 1 aliphatic rings. The van der Waals surface area contributed by atoms with Gasteiger partial charge in [0.1, 0.15) is 5.82 Å². The number of hydrogen-bond donors (Lipinski definition) is 0. The van der Waals surface area contributed by atoms with Gasteiger partial charge in [-0.1, -0.05) is 6.07 Å². The molecule has 2 aromatic heterocycles. The van der Waals surface area contributed by atoms with E-state index < -0.39 is 0 Å². The molecule has 0 aromatic carbocycles. The predicted octanol–water partition coefficient (Wildman–Crippen LogP) is 3.23. The van der Waals surface area contributed by atoms with Crippen molar-refractivity contribution < 1.29 is 0 Å². The Balaban J connectivity index is 1.76. The summed E-state index contributed by atoms with van der Waals surface area (Å²) >= 11 is 1.77. The molecule has 94 valence electrons. The zero-order valence-electron chi connectivity index (χ0n) is 10.5. The van der Waals surface area contributed by atoms with Crippen molar-refractivity contribution in [1.29, 1.82) is 0 Å². The number of rotatable bonds is 2. The summed E-state index contributed by atoms with van der Waals surface area (Å²) in [7, 11) is 0. The van der Waals surface area contributed by atoms with Gasteiger partial charge < -0.3 is 4.90 Å². The van der Waals surface area contributed by atoms with E-state index in [0.717, 1.165) is 18.9 Å². The molecule has 1 fully saturated rings. The molecule has 0 saturated carbocycles. The molecular weight excluding hydrogens is 242 g/mol. The number of hydrogen-bond acceptors (Lipinski definition) is 4. The first-order chi connectivity index (χ1) is 8.83. The first-order valence-electron chi connectivity index (χ1n) is 6.40. The lowest BCUT2D eigenvalue weighted by Gasteiger charge is -2.32. The normalized spacial score (nSPS) is 20.1. The number of pyridine rings is 1. The molecule has 0 amide bonds. The van der Waals surface area contributed by atoms with Crippen LogP contribution in [0.4, 0.5) is 5.82 Å². The van der Waals surface area contributed by atoms with Crippen molar-refractivity contribution in [3.63, 3.8) is 0 Å². The Morgan fingerprint density at radius 2 is 2.28 bits per heavy atom. The van der Waals surface area contributed by atoms with Crippen molar-refractivity contribution in [1.82, 2.24) is 9.97 Å². The first kappa shape index (κ1) is 11.7. The highest BCUT2D eigenvalue weighted by atomic mass is 32.1. The third-order valence-electron chi connectivity index (χ3n) is 3.44. The minimum absolute atomic E-state index is 0.571. The Morgan fingerprint density at radius 1 is 1.33 bits per heavy atom. The molecule has 2 aromatic rings. The molecule has 0 radical (unpaired) electrons. The lowest BCUT2D eigenvalue weighted by molar-refractivity contribution is 0.505. The van der Waals surface area contributed by atoms with Crippen molar-refractivity contribution in [3.8, 4) is 0 Å². The molecule has 1 unspecified atom stereocenters. The summed E-state index contributed by atoms with van der Waals surface area (Å²) in [6.45, 7) is 4.23. The van der Waals surface area contributed by atoms with E-state index in [0.29, 0.717) is 5.92 Å². The molecule has 18 heavy (non-hydrogen) atoms. The quantitative estimate of drug-likeness (QED) is 0.829. The zero-order chi connectivity index (χ0) is 12.4. The van der Waals surface area contributed by atoms with Gasteiger partial charge >= 0.3 is 0 Å². The molecule has 1 atom stereocenters. The molecule has 0 N–H and O–H groups in total. The van der Waals surface area contributed by atoms with Crippen molar-refractivity contribution in [2.75, 3.05) is 18.0 Å². The van der Waals surface area contributed by atoms with Crippen molar-refractivity contribution in [2.24, 2.45) is 0 Å². The molecule has 3 rings (SSSR count). The van der Waals surface area contributed by atoms with Crippen LogP contribution in [0.3, 0.4) is 0 Å². The monoisotopic (exact) mass is 259 g/mol. The summed E-state index contributed by atoms with van der Waals surface area (Å²) in [6, 6.07) is 4.26. The summed E-state index contributed by atoms with van der Waals surface area (Å²) in [4.78, 5) is 11.4. The van der Waals surface area contributed by atoms with Crippen molar-refractivity contribution >= 4 is 17.2 Å². The summed E-state index contributed by atoms with van der Waals surface area (Å²) < 4.78 is 0. The van der Waals surface area contributed by atoms with E-state index in [1.54, 1.807) is 11.3 Å². The van der Waals surface area contributed by atoms with Gasteiger partial charge in [-0.15, -0.1) is 11.3 Å². The SMILES string of the molecule is Cc1ccc(N2CCCC(c3nccs3)C2)nc1. The molecule has 3 heterocycles. The average molecular weight is 259 g/mol. The fraction of sp³-hybridized carbons (Fsp3) is 0.429. The van der Waals surface area contributed by atoms with E-state index in [2.05, 4.69) is 39.3 Å². The second-order valence-corrected chi connectivity index (χ2v) is 5.78.